The lowest BCUT2D eigenvalue weighted by Gasteiger charge is -2.39. The first kappa shape index (κ1) is 14.9. The molecule has 1 aliphatic heterocycles. The molecule has 0 aromatic heterocycles. The fourth-order valence-electron chi connectivity index (χ4n) is 4.14. The van der Waals surface area contributed by atoms with Crippen LogP contribution in [0.25, 0.3) is 0 Å². The summed E-state index contributed by atoms with van der Waals surface area (Å²) in [6.45, 7) is 4.57. The van der Waals surface area contributed by atoms with Gasteiger partial charge in [-0.1, -0.05) is 44.4 Å². The van der Waals surface area contributed by atoms with Gasteiger partial charge in [-0.15, -0.1) is 0 Å². The highest BCUT2D eigenvalue weighted by Crippen LogP contribution is 2.42. The van der Waals surface area contributed by atoms with Crippen molar-refractivity contribution < 1.29 is 4.74 Å². The molecule has 1 aromatic rings. The molecule has 21 heavy (non-hydrogen) atoms. The van der Waals surface area contributed by atoms with Crippen LogP contribution in [0.1, 0.15) is 57.4 Å². The van der Waals surface area contributed by atoms with Crippen molar-refractivity contribution in [2.75, 3.05) is 13.1 Å². The number of para-hydroxylation sites is 1. The van der Waals surface area contributed by atoms with Crippen molar-refractivity contribution in [1.82, 2.24) is 5.32 Å². The Morgan fingerprint density at radius 1 is 1.19 bits per heavy atom. The third-order valence-corrected chi connectivity index (χ3v) is 5.22. The van der Waals surface area contributed by atoms with E-state index in [1.54, 1.807) is 0 Å². The fourth-order valence-corrected chi connectivity index (χ4v) is 4.14. The number of hydrogen-bond acceptors (Lipinski definition) is 2. The minimum atomic E-state index is 0.393. The molecule has 2 heteroatoms. The first-order valence-corrected chi connectivity index (χ1v) is 8.77. The van der Waals surface area contributed by atoms with Crippen LogP contribution in [-0.2, 0) is 6.42 Å². The quantitative estimate of drug-likeness (QED) is 0.786. The monoisotopic (exact) mass is 287 g/mol. The summed E-state index contributed by atoms with van der Waals surface area (Å²) in [5.74, 6) is 1.12. The lowest BCUT2D eigenvalue weighted by molar-refractivity contribution is 0.0948. The van der Waals surface area contributed by atoms with E-state index < -0.39 is 0 Å². The Bertz CT molecular complexity index is 426. The standard InChI is InChI=1S/C19H29NO/c1-2-12-20-15-19(10-6-3-7-11-19)14-17-13-16-8-4-5-9-18(16)21-17/h4-5,8-9,17,20H,2-3,6-7,10-15H2,1H3. The third-order valence-electron chi connectivity index (χ3n) is 5.22. The van der Waals surface area contributed by atoms with Crippen molar-refractivity contribution in [3.05, 3.63) is 29.8 Å². The summed E-state index contributed by atoms with van der Waals surface area (Å²) >= 11 is 0. The lowest BCUT2D eigenvalue weighted by atomic mass is 9.70. The average Bonchev–Trinajstić information content (AvgIpc) is 2.90. The van der Waals surface area contributed by atoms with Crippen molar-refractivity contribution in [2.45, 2.75) is 64.4 Å². The second-order valence-electron chi connectivity index (χ2n) is 6.99. The van der Waals surface area contributed by atoms with Gasteiger partial charge in [0.2, 0.25) is 0 Å². The van der Waals surface area contributed by atoms with E-state index in [1.165, 1.54) is 57.1 Å². The summed E-state index contributed by atoms with van der Waals surface area (Å²) in [7, 11) is 0. The van der Waals surface area contributed by atoms with E-state index in [1.807, 2.05) is 0 Å². The summed E-state index contributed by atoms with van der Waals surface area (Å²) in [4.78, 5) is 0. The van der Waals surface area contributed by atoms with Crippen LogP contribution < -0.4 is 10.1 Å². The van der Waals surface area contributed by atoms with Crippen molar-refractivity contribution in [3.8, 4) is 5.75 Å². The SMILES string of the molecule is CCCNCC1(CC2Cc3ccccc3O2)CCCCC1. The highest BCUT2D eigenvalue weighted by Gasteiger charge is 2.36. The Balaban J connectivity index is 1.62. The molecule has 1 fully saturated rings. The van der Waals surface area contributed by atoms with Crippen LogP contribution in [0.5, 0.6) is 5.75 Å². The number of nitrogens with one attached hydrogen (secondary N) is 1. The number of rotatable bonds is 6. The Morgan fingerprint density at radius 3 is 2.76 bits per heavy atom. The molecule has 1 saturated carbocycles. The normalized spacial score (nSPS) is 23.6. The zero-order chi connectivity index (χ0) is 14.5. The fraction of sp³-hybridized carbons (Fsp3) is 0.684. The summed E-state index contributed by atoms with van der Waals surface area (Å²) in [5.41, 5.74) is 1.87. The molecular formula is C19H29NO. The molecule has 116 valence electrons. The molecule has 1 heterocycles. The highest BCUT2D eigenvalue weighted by atomic mass is 16.5. The van der Waals surface area contributed by atoms with E-state index in [0.717, 1.165) is 18.7 Å². The number of benzene rings is 1. The molecule has 0 spiro atoms. The summed E-state index contributed by atoms with van der Waals surface area (Å²) in [6, 6.07) is 8.56. The maximum Gasteiger partial charge on any atom is 0.123 e. The van der Waals surface area contributed by atoms with E-state index in [2.05, 4.69) is 36.5 Å². The van der Waals surface area contributed by atoms with Gasteiger partial charge in [-0.2, -0.15) is 0 Å². The van der Waals surface area contributed by atoms with Gasteiger partial charge >= 0.3 is 0 Å². The molecule has 0 saturated heterocycles. The van der Waals surface area contributed by atoms with Gasteiger partial charge in [-0.25, -0.2) is 0 Å². The number of hydrogen-bond donors (Lipinski definition) is 1. The lowest BCUT2D eigenvalue weighted by Crippen LogP contribution is -2.40. The molecule has 1 unspecified atom stereocenters. The smallest absolute Gasteiger partial charge is 0.123 e. The molecule has 2 aliphatic rings. The molecule has 0 bridgehead atoms. The van der Waals surface area contributed by atoms with E-state index in [0.29, 0.717) is 11.5 Å². The van der Waals surface area contributed by atoms with E-state index in [9.17, 15) is 0 Å². The molecule has 1 aliphatic carbocycles. The summed E-state index contributed by atoms with van der Waals surface area (Å²) in [6.07, 6.45) is 10.9. The van der Waals surface area contributed by atoms with Gasteiger partial charge in [0.05, 0.1) is 0 Å². The van der Waals surface area contributed by atoms with Crippen LogP contribution >= 0.6 is 0 Å². The first-order valence-electron chi connectivity index (χ1n) is 8.77. The van der Waals surface area contributed by atoms with Crippen molar-refractivity contribution >= 4 is 0 Å². The molecule has 1 atom stereocenters. The Labute approximate surface area is 129 Å². The highest BCUT2D eigenvalue weighted by molar-refractivity contribution is 5.37. The predicted molar refractivity (Wildman–Crippen MR) is 87.9 cm³/mol. The minimum absolute atomic E-state index is 0.393. The zero-order valence-corrected chi connectivity index (χ0v) is 13.4. The maximum absolute atomic E-state index is 6.21. The van der Waals surface area contributed by atoms with E-state index in [4.69, 9.17) is 4.74 Å². The third kappa shape index (κ3) is 3.60. The van der Waals surface area contributed by atoms with Gasteiger partial charge < -0.3 is 10.1 Å². The second-order valence-corrected chi connectivity index (χ2v) is 6.99. The van der Waals surface area contributed by atoms with Gasteiger partial charge in [0.15, 0.2) is 0 Å². The van der Waals surface area contributed by atoms with Crippen molar-refractivity contribution in [1.29, 1.82) is 0 Å². The van der Waals surface area contributed by atoms with Crippen molar-refractivity contribution in [3.63, 3.8) is 0 Å². The average molecular weight is 287 g/mol. The molecule has 3 rings (SSSR count). The summed E-state index contributed by atoms with van der Waals surface area (Å²) in [5, 5.41) is 3.69. The Hall–Kier alpha value is -1.02. The molecule has 0 radical (unpaired) electrons. The van der Waals surface area contributed by atoms with Crippen LogP contribution in [0.15, 0.2) is 24.3 Å². The van der Waals surface area contributed by atoms with Crippen LogP contribution in [0.2, 0.25) is 0 Å². The van der Waals surface area contributed by atoms with Gasteiger partial charge in [-0.3, -0.25) is 0 Å². The molecular weight excluding hydrogens is 258 g/mol. The van der Waals surface area contributed by atoms with E-state index >= 15 is 0 Å². The second kappa shape index (κ2) is 6.83. The Kier molecular flexibility index (Phi) is 4.84. The number of fused-ring (bicyclic) bond motifs is 1. The van der Waals surface area contributed by atoms with Crippen LogP contribution in [0.4, 0.5) is 0 Å². The van der Waals surface area contributed by atoms with Gasteiger partial charge in [0.1, 0.15) is 11.9 Å². The summed E-state index contributed by atoms with van der Waals surface area (Å²) < 4.78 is 6.21. The zero-order valence-electron chi connectivity index (χ0n) is 13.4. The van der Waals surface area contributed by atoms with Gasteiger partial charge in [-0.05, 0) is 49.3 Å². The number of ether oxygens (including phenoxy) is 1. The first-order chi connectivity index (χ1) is 10.3. The predicted octanol–water partition coefficient (Wildman–Crippen LogP) is 4.33. The van der Waals surface area contributed by atoms with Gasteiger partial charge in [0.25, 0.3) is 0 Å². The van der Waals surface area contributed by atoms with Crippen LogP contribution in [0, 0.1) is 5.41 Å². The molecule has 2 nitrogen and oxygen atoms in total. The molecule has 1 aromatic carbocycles. The topological polar surface area (TPSA) is 21.3 Å². The van der Waals surface area contributed by atoms with Crippen LogP contribution in [-0.4, -0.2) is 19.2 Å². The largest absolute Gasteiger partial charge is 0.490 e. The van der Waals surface area contributed by atoms with Crippen molar-refractivity contribution in [2.24, 2.45) is 5.41 Å². The molecule has 1 N–H and O–H groups in total. The van der Waals surface area contributed by atoms with Gasteiger partial charge in [0, 0.05) is 13.0 Å². The maximum atomic E-state index is 6.21. The molecule has 0 amide bonds. The Morgan fingerprint density at radius 2 is 2.00 bits per heavy atom. The van der Waals surface area contributed by atoms with E-state index in [-0.39, 0.29) is 0 Å². The minimum Gasteiger partial charge on any atom is -0.490 e. The van der Waals surface area contributed by atoms with Crippen LogP contribution in [0.3, 0.4) is 0 Å².